The minimum atomic E-state index is -1.07. The van der Waals surface area contributed by atoms with Crippen molar-refractivity contribution in [2.45, 2.75) is 76.9 Å². The van der Waals surface area contributed by atoms with Gasteiger partial charge in [0.05, 0.1) is 31.9 Å². The highest BCUT2D eigenvalue weighted by molar-refractivity contribution is 5.91. The molecule has 5 aliphatic rings. The number of oxazole rings is 1. The molecule has 0 unspecified atom stereocenters. The Hall–Kier alpha value is -4.93. The fourth-order valence-corrected chi connectivity index (χ4v) is 10.3. The lowest BCUT2D eigenvalue weighted by Gasteiger charge is -2.41. The summed E-state index contributed by atoms with van der Waals surface area (Å²) in [6.07, 6.45) is 5.07. The number of nitrogens with zero attached hydrogens (tertiary/aromatic N) is 6. The molecule has 4 amide bonds. The van der Waals surface area contributed by atoms with E-state index in [1.54, 1.807) is 18.0 Å². The van der Waals surface area contributed by atoms with Gasteiger partial charge in [0, 0.05) is 77.6 Å². The number of morpholine rings is 1. The molecule has 6 heterocycles. The van der Waals surface area contributed by atoms with Crippen molar-refractivity contribution in [3.8, 4) is 0 Å². The van der Waals surface area contributed by atoms with Gasteiger partial charge in [0.15, 0.2) is 11.7 Å². The molecule has 0 spiro atoms. The largest absolute Gasteiger partial charge is 0.465 e. The number of esters is 1. The maximum atomic E-state index is 14.4. The average Bonchev–Trinajstić information content (AvgIpc) is 3.46. The number of carbonyl (C=O) groups excluding carboxylic acids is 4. The number of hydrogen-bond donors (Lipinski definition) is 1. The summed E-state index contributed by atoms with van der Waals surface area (Å²) in [5.41, 5.74) is 4.63. The molecule has 0 radical (unpaired) electrons. The number of amides is 4. The molecule has 0 aliphatic carbocycles. The molecule has 16 heteroatoms. The maximum Gasteiger partial charge on any atom is 0.419 e. The van der Waals surface area contributed by atoms with E-state index in [-0.39, 0.29) is 30.4 Å². The predicted octanol–water partition coefficient (Wildman–Crippen LogP) is 4.26. The summed E-state index contributed by atoms with van der Waals surface area (Å²) in [5, 5.41) is 3.05. The summed E-state index contributed by atoms with van der Waals surface area (Å²) in [6, 6.07) is 11.4. The molecule has 4 saturated heterocycles. The number of hydrogen-bond acceptors (Lipinski definition) is 11. The quantitative estimate of drug-likeness (QED) is 0.205. The highest BCUT2D eigenvalue weighted by Crippen LogP contribution is 2.33. The van der Waals surface area contributed by atoms with Gasteiger partial charge in [0.2, 0.25) is 0 Å². The van der Waals surface area contributed by atoms with Crippen LogP contribution < -0.4 is 11.1 Å². The van der Waals surface area contributed by atoms with Gasteiger partial charge in [-0.05, 0) is 112 Å². The number of fused-ring (bicyclic) bond motifs is 2. The molecule has 4 fully saturated rings. The lowest BCUT2D eigenvalue weighted by Crippen LogP contribution is -2.52. The summed E-state index contributed by atoms with van der Waals surface area (Å²) < 4.78 is 24.1. The zero-order valence-electron chi connectivity index (χ0n) is 36.4. The zero-order valence-corrected chi connectivity index (χ0v) is 36.4. The summed E-state index contributed by atoms with van der Waals surface area (Å²) in [6.45, 7) is 11.3. The number of para-hydroxylation sites is 1. The molecule has 62 heavy (non-hydrogen) atoms. The number of aromatic nitrogens is 1. The fraction of sp³-hybridized carbons (Fsp3) is 0.630. The lowest BCUT2D eigenvalue weighted by molar-refractivity contribution is -0.145. The molecule has 1 N–H and O–H groups in total. The van der Waals surface area contributed by atoms with Crippen molar-refractivity contribution in [1.29, 1.82) is 0 Å². The minimum absolute atomic E-state index is 0.0213. The summed E-state index contributed by atoms with van der Waals surface area (Å²) in [5.74, 6) is 0.149. The number of urea groups is 1. The lowest BCUT2D eigenvalue weighted by atomic mass is 9.78. The molecule has 1 atom stereocenters. The van der Waals surface area contributed by atoms with Crippen LogP contribution in [0.5, 0.6) is 0 Å². The van der Waals surface area contributed by atoms with E-state index >= 15 is 0 Å². The molecular weight excluding hydrogens is 795 g/mol. The molecule has 5 aliphatic heterocycles. The Morgan fingerprint density at radius 3 is 2.27 bits per heavy atom. The molecule has 2 aromatic carbocycles. The molecule has 336 valence electrons. The van der Waals surface area contributed by atoms with Crippen molar-refractivity contribution < 1.29 is 37.8 Å². The molecule has 8 rings (SSSR count). The van der Waals surface area contributed by atoms with Crippen molar-refractivity contribution in [3.05, 3.63) is 63.6 Å². The number of piperidine rings is 3. The van der Waals surface area contributed by atoms with Crippen LogP contribution in [0.25, 0.3) is 11.1 Å². The number of aryl methyl sites for hydroxylation is 2. The molecule has 16 nitrogen and oxygen atoms in total. The molecular formula is C46H63N7O9. The normalized spacial score (nSPS) is 20.7. The van der Waals surface area contributed by atoms with E-state index in [0.717, 1.165) is 107 Å². The number of benzene rings is 2. The number of ether oxygens (including phenoxy) is 3. The van der Waals surface area contributed by atoms with Gasteiger partial charge in [0.1, 0.15) is 0 Å². The first-order valence-electron chi connectivity index (χ1n) is 22.8. The van der Waals surface area contributed by atoms with Crippen molar-refractivity contribution in [2.75, 3.05) is 97.1 Å². The average molecular weight is 858 g/mol. The number of nitrogens with one attached hydrogen (secondary N) is 1. The van der Waals surface area contributed by atoms with E-state index in [2.05, 4.69) is 15.1 Å². The van der Waals surface area contributed by atoms with E-state index in [1.165, 1.54) is 4.57 Å². The number of anilines is 1. The van der Waals surface area contributed by atoms with Crippen molar-refractivity contribution in [3.63, 3.8) is 0 Å². The van der Waals surface area contributed by atoms with Crippen LogP contribution in [0.1, 0.15) is 61.6 Å². The van der Waals surface area contributed by atoms with Gasteiger partial charge in [-0.25, -0.2) is 14.4 Å². The molecule has 0 bridgehead atoms. The van der Waals surface area contributed by atoms with Crippen molar-refractivity contribution in [2.24, 2.45) is 18.9 Å². The number of carbonyl (C=O) groups is 4. The second-order valence-electron chi connectivity index (χ2n) is 17.8. The molecule has 1 aromatic heterocycles. The SMILES string of the molecule is Cc1cc(C[C@@H](OC(=O)N2CCC(N3CCc4ccccc4NC3=O)CC2)C(=O)N2CCC(C3CCN(CC(=O)OCCCN4CCOCC4)CC3)CC2)cc2oc(=O)n(C)c12. The van der Waals surface area contributed by atoms with Crippen LogP contribution in [0.3, 0.4) is 0 Å². The number of rotatable bonds is 12. The van der Waals surface area contributed by atoms with Gasteiger partial charge in [-0.2, -0.15) is 0 Å². The number of likely N-dealkylation sites (tertiary alicyclic amines) is 3. The first kappa shape index (κ1) is 43.7. The predicted molar refractivity (Wildman–Crippen MR) is 232 cm³/mol. The Balaban J connectivity index is 0.838. The summed E-state index contributed by atoms with van der Waals surface area (Å²) >= 11 is 0. The monoisotopic (exact) mass is 857 g/mol. The topological polar surface area (TPSA) is 159 Å². The van der Waals surface area contributed by atoms with Gasteiger partial charge >= 0.3 is 23.8 Å². The van der Waals surface area contributed by atoms with Crippen LogP contribution in [0.4, 0.5) is 15.3 Å². The van der Waals surface area contributed by atoms with E-state index in [1.807, 2.05) is 47.1 Å². The molecule has 0 saturated carbocycles. The third-order valence-corrected chi connectivity index (χ3v) is 13.9. The Kier molecular flexibility index (Phi) is 14.1. The van der Waals surface area contributed by atoms with Crippen LogP contribution in [-0.4, -0.2) is 157 Å². The summed E-state index contributed by atoms with van der Waals surface area (Å²) in [7, 11) is 1.66. The van der Waals surface area contributed by atoms with Gasteiger partial charge in [-0.15, -0.1) is 0 Å². The van der Waals surface area contributed by atoms with E-state index in [9.17, 15) is 24.0 Å². The Morgan fingerprint density at radius 2 is 1.53 bits per heavy atom. The minimum Gasteiger partial charge on any atom is -0.465 e. The van der Waals surface area contributed by atoms with Crippen LogP contribution in [0.2, 0.25) is 0 Å². The summed E-state index contributed by atoms with van der Waals surface area (Å²) in [4.78, 5) is 76.4. The van der Waals surface area contributed by atoms with Crippen LogP contribution in [0.15, 0.2) is 45.6 Å². The van der Waals surface area contributed by atoms with Crippen LogP contribution >= 0.6 is 0 Å². The molecule has 3 aromatic rings. The van der Waals surface area contributed by atoms with E-state index in [0.29, 0.717) is 81.7 Å². The second kappa shape index (κ2) is 20.1. The van der Waals surface area contributed by atoms with Gasteiger partial charge < -0.3 is 38.6 Å². The Bertz CT molecular complexity index is 2110. The van der Waals surface area contributed by atoms with Crippen molar-refractivity contribution >= 4 is 40.8 Å². The smallest absolute Gasteiger partial charge is 0.419 e. The Morgan fingerprint density at radius 1 is 0.839 bits per heavy atom. The van der Waals surface area contributed by atoms with Crippen LogP contribution in [0, 0.1) is 18.8 Å². The van der Waals surface area contributed by atoms with Crippen LogP contribution in [-0.2, 0) is 43.7 Å². The first-order chi connectivity index (χ1) is 30.1. The Labute approximate surface area is 363 Å². The van der Waals surface area contributed by atoms with Gasteiger partial charge in [-0.3, -0.25) is 24.0 Å². The maximum absolute atomic E-state index is 14.4. The fourth-order valence-electron chi connectivity index (χ4n) is 10.3. The van der Waals surface area contributed by atoms with E-state index < -0.39 is 18.0 Å². The van der Waals surface area contributed by atoms with Gasteiger partial charge in [-0.1, -0.05) is 24.3 Å². The van der Waals surface area contributed by atoms with Gasteiger partial charge in [0.25, 0.3) is 5.91 Å². The standard InChI is InChI=1S/C46H63N7O9/c1-32-28-33(29-39-42(32)48(2)45(57)61-39)30-40(62-46(58)52-20-13-37(14-21-52)53-22-12-36-6-3-4-7-38(36)47-44(53)56)43(55)51-18-10-35(11-19-51)34-8-16-50(17-9-34)31-41(54)60-25-5-15-49-23-26-59-27-24-49/h3-4,6-7,28-29,34-35,37,40H,5,8-27,30-31H2,1-2H3,(H,47,56)/t40-/m1/s1. The van der Waals surface area contributed by atoms with Crippen molar-refractivity contribution in [1.82, 2.24) is 29.1 Å². The second-order valence-corrected chi connectivity index (χ2v) is 17.8. The third kappa shape index (κ3) is 10.5. The zero-order chi connectivity index (χ0) is 43.2. The third-order valence-electron chi connectivity index (χ3n) is 13.9. The van der Waals surface area contributed by atoms with E-state index in [4.69, 9.17) is 18.6 Å². The first-order valence-corrected chi connectivity index (χ1v) is 22.8. The highest BCUT2D eigenvalue weighted by atomic mass is 16.6. The highest BCUT2D eigenvalue weighted by Gasteiger charge is 2.37.